The molecule has 0 aromatic heterocycles. The molecule has 4 rings (SSSR count). The van der Waals surface area contributed by atoms with Gasteiger partial charge in [-0.1, -0.05) is 18.2 Å². The van der Waals surface area contributed by atoms with Crippen LogP contribution < -0.4 is 4.74 Å². The van der Waals surface area contributed by atoms with E-state index in [0.29, 0.717) is 6.07 Å². The number of hydrogen-bond donors (Lipinski definition) is 3. The second-order valence-corrected chi connectivity index (χ2v) is 7.20. The van der Waals surface area contributed by atoms with Gasteiger partial charge in [0.15, 0.2) is 0 Å². The van der Waals surface area contributed by atoms with E-state index < -0.39 is 64.2 Å². The van der Waals surface area contributed by atoms with Crippen LogP contribution in [0, 0.1) is 5.82 Å². The molecule has 0 amide bonds. The summed E-state index contributed by atoms with van der Waals surface area (Å²) in [6.45, 7) is 0. The van der Waals surface area contributed by atoms with Gasteiger partial charge in [0.1, 0.15) is 34.5 Å². The number of nitrogens with one attached hydrogen (secondary N) is 1. The van der Waals surface area contributed by atoms with Crippen molar-refractivity contribution < 1.29 is 50.5 Å². The summed E-state index contributed by atoms with van der Waals surface area (Å²) in [7, 11) is 0. The Morgan fingerprint density at radius 3 is 2.26 bits per heavy atom. The first kappa shape index (κ1) is 23.9. The number of fused-ring (bicyclic) bond motifs is 1. The van der Waals surface area contributed by atoms with Crippen LogP contribution in [0.25, 0.3) is 33.8 Å². The van der Waals surface area contributed by atoms with Crippen molar-refractivity contribution in [1.82, 2.24) is 9.97 Å². The summed E-state index contributed by atoms with van der Waals surface area (Å²) in [5.41, 5.74) is -4.11. The highest BCUT2D eigenvalue weighted by atomic mass is 19.4. The zero-order chi connectivity index (χ0) is 25.7. The molecule has 2 aromatic carbocycles. The number of alkyl halides is 6. The van der Waals surface area contributed by atoms with Crippen molar-refractivity contribution in [3.8, 4) is 45.3 Å². The van der Waals surface area contributed by atoms with E-state index in [1.54, 1.807) is 0 Å². The van der Waals surface area contributed by atoms with Crippen LogP contribution in [0.1, 0.15) is 16.1 Å². The van der Waals surface area contributed by atoms with Gasteiger partial charge in [0.2, 0.25) is 0 Å². The van der Waals surface area contributed by atoms with E-state index in [9.17, 15) is 45.7 Å². The van der Waals surface area contributed by atoms with Gasteiger partial charge in [0.05, 0.1) is 11.1 Å². The molecule has 0 saturated heterocycles. The minimum absolute atomic E-state index is 0.119. The fraction of sp³-hybridized carbons (Fsp3) is 0.0909. The maximum absolute atomic E-state index is 15.0. The Bertz CT molecular complexity index is 1410. The van der Waals surface area contributed by atoms with Gasteiger partial charge in [0.25, 0.3) is 0 Å². The van der Waals surface area contributed by atoms with Crippen LogP contribution in [0.2, 0.25) is 0 Å². The largest absolute Gasteiger partial charge is 0.573 e. The third-order valence-electron chi connectivity index (χ3n) is 4.89. The summed E-state index contributed by atoms with van der Waals surface area (Å²) >= 11 is 0. The highest BCUT2D eigenvalue weighted by molar-refractivity contribution is 5.97. The van der Waals surface area contributed by atoms with Crippen LogP contribution in [0.15, 0.2) is 48.5 Å². The van der Waals surface area contributed by atoms with Gasteiger partial charge in [0, 0.05) is 5.56 Å². The molecular formula is C22H11F7N2O4. The van der Waals surface area contributed by atoms with Gasteiger partial charge in [-0.05, 0) is 41.5 Å². The fourth-order valence-electron chi connectivity index (χ4n) is 3.49. The van der Waals surface area contributed by atoms with Crippen LogP contribution in [0.5, 0.6) is 11.5 Å². The molecule has 0 bridgehead atoms. The molecule has 2 aliphatic rings. The first-order valence-electron chi connectivity index (χ1n) is 9.47. The van der Waals surface area contributed by atoms with Crippen molar-refractivity contribution in [3.05, 3.63) is 65.6 Å². The molecule has 1 heterocycles. The summed E-state index contributed by atoms with van der Waals surface area (Å²) in [4.78, 5) is 17.6. The van der Waals surface area contributed by atoms with Gasteiger partial charge in [-0.3, -0.25) is 0 Å². The number of nitrogens with zero attached hydrogens (tertiary/aromatic N) is 1. The molecule has 182 valence electrons. The number of carboxylic acid groups (broad SMARTS) is 1. The zero-order valence-electron chi connectivity index (χ0n) is 16.9. The molecule has 6 nitrogen and oxygen atoms in total. The number of aromatic nitrogens is 2. The second kappa shape index (κ2) is 8.18. The third-order valence-corrected chi connectivity index (χ3v) is 4.89. The number of ether oxygens (including phenoxy) is 1. The topological polar surface area (TPSA) is 95.4 Å². The van der Waals surface area contributed by atoms with Crippen molar-refractivity contribution in [2.75, 3.05) is 0 Å². The molecule has 35 heavy (non-hydrogen) atoms. The molecule has 0 atom stereocenters. The van der Waals surface area contributed by atoms with Crippen molar-refractivity contribution in [1.29, 1.82) is 0 Å². The molecule has 13 heteroatoms. The minimum Gasteiger partial charge on any atom is -0.506 e. The molecule has 1 aliphatic heterocycles. The first-order chi connectivity index (χ1) is 16.2. The number of carbonyl (C=O) groups is 1. The SMILES string of the molecule is O=C(O)c1[nH]c(-c2ccc(-c3cccc(OC(F)(F)F)c3)cc2F)nc2c(O)cc(C(F)(F)F)c1-2. The molecule has 0 fully saturated rings. The zero-order valence-corrected chi connectivity index (χ0v) is 16.9. The van der Waals surface area contributed by atoms with Crippen LogP contribution >= 0.6 is 0 Å². The first-order valence-corrected chi connectivity index (χ1v) is 9.47. The lowest BCUT2D eigenvalue weighted by Gasteiger charge is -2.14. The predicted molar refractivity (Wildman–Crippen MR) is 106 cm³/mol. The van der Waals surface area contributed by atoms with E-state index >= 15 is 0 Å². The summed E-state index contributed by atoms with van der Waals surface area (Å²) in [5, 5.41) is 19.4. The lowest BCUT2D eigenvalue weighted by atomic mass is 10.0. The number of halogens is 7. The van der Waals surface area contributed by atoms with E-state index in [1.165, 1.54) is 18.2 Å². The van der Waals surface area contributed by atoms with Crippen LogP contribution in [0.3, 0.4) is 0 Å². The van der Waals surface area contributed by atoms with Crippen molar-refractivity contribution in [2.45, 2.75) is 12.5 Å². The standard InChI is InChI=1S/C22H11F7N2O4/c23-14-7-10(9-2-1-3-11(6-9)35-22(27,28)29)4-5-12(14)19-30-17-15(32)8-13(21(24,25)26)16(17)18(31-19)20(33)34/h1-8,32H,(H,30,31)(H,33,34). The summed E-state index contributed by atoms with van der Waals surface area (Å²) in [6.07, 6.45) is -9.94. The Labute approximate surface area is 190 Å². The van der Waals surface area contributed by atoms with E-state index in [0.717, 1.165) is 24.3 Å². The van der Waals surface area contributed by atoms with E-state index in [-0.39, 0.29) is 16.7 Å². The van der Waals surface area contributed by atoms with E-state index in [1.807, 2.05) is 0 Å². The molecule has 0 unspecified atom stereocenters. The second-order valence-electron chi connectivity index (χ2n) is 7.20. The molecular weight excluding hydrogens is 489 g/mol. The number of H-pyrrole nitrogens is 1. The van der Waals surface area contributed by atoms with Gasteiger partial charge in [-0.15, -0.1) is 13.2 Å². The molecule has 0 saturated carbocycles. The number of benzene rings is 2. The Morgan fingerprint density at radius 2 is 1.66 bits per heavy atom. The number of aromatic hydroxyl groups is 1. The lowest BCUT2D eigenvalue weighted by Crippen LogP contribution is -2.17. The molecule has 3 N–H and O–H groups in total. The van der Waals surface area contributed by atoms with Crippen LogP contribution in [-0.4, -0.2) is 32.5 Å². The van der Waals surface area contributed by atoms with Crippen LogP contribution in [-0.2, 0) is 6.18 Å². The molecule has 1 aliphatic carbocycles. The Kier molecular flexibility index (Phi) is 5.58. The number of aromatic amines is 1. The Morgan fingerprint density at radius 1 is 0.971 bits per heavy atom. The van der Waals surface area contributed by atoms with Crippen molar-refractivity contribution in [2.24, 2.45) is 0 Å². The smallest absolute Gasteiger partial charge is 0.506 e. The fourth-order valence-corrected chi connectivity index (χ4v) is 3.49. The number of aromatic carboxylic acids is 1. The average molecular weight is 500 g/mol. The molecule has 0 radical (unpaired) electrons. The van der Waals surface area contributed by atoms with Gasteiger partial charge < -0.3 is 19.9 Å². The Balaban J connectivity index is 1.81. The summed E-state index contributed by atoms with van der Waals surface area (Å²) in [6, 6.07) is 8.30. The number of rotatable bonds is 4. The molecule has 2 aromatic rings. The van der Waals surface area contributed by atoms with Crippen molar-refractivity contribution >= 4 is 5.97 Å². The molecule has 0 spiro atoms. The number of hydrogen-bond acceptors (Lipinski definition) is 4. The van der Waals surface area contributed by atoms with E-state index in [2.05, 4.69) is 14.7 Å². The third kappa shape index (κ3) is 4.69. The van der Waals surface area contributed by atoms with E-state index in [4.69, 9.17) is 0 Å². The highest BCUT2D eigenvalue weighted by Gasteiger charge is 2.40. The van der Waals surface area contributed by atoms with Gasteiger partial charge in [-0.2, -0.15) is 13.2 Å². The Hall–Kier alpha value is -4.29. The average Bonchev–Trinajstić information content (AvgIpc) is 3.09. The predicted octanol–water partition coefficient (Wildman–Crippen LogP) is 6.31. The normalized spacial score (nSPS) is 12.2. The van der Waals surface area contributed by atoms with Gasteiger partial charge in [-0.25, -0.2) is 14.2 Å². The minimum atomic E-state index is -5.00. The summed E-state index contributed by atoms with van der Waals surface area (Å²) in [5.74, 6) is -4.83. The van der Waals surface area contributed by atoms with Crippen molar-refractivity contribution in [3.63, 3.8) is 0 Å². The van der Waals surface area contributed by atoms with Crippen LogP contribution in [0.4, 0.5) is 30.7 Å². The monoisotopic (exact) mass is 500 g/mol. The number of carboxylic acids is 1. The maximum Gasteiger partial charge on any atom is 0.573 e. The lowest BCUT2D eigenvalue weighted by molar-refractivity contribution is -0.274. The summed E-state index contributed by atoms with van der Waals surface area (Å²) < 4.78 is 96.1. The quantitative estimate of drug-likeness (QED) is 0.286. The highest BCUT2D eigenvalue weighted by Crippen LogP contribution is 2.46. The van der Waals surface area contributed by atoms with Gasteiger partial charge >= 0.3 is 18.5 Å². The maximum atomic E-state index is 15.0.